The van der Waals surface area contributed by atoms with Crippen molar-refractivity contribution in [1.29, 1.82) is 0 Å². The predicted octanol–water partition coefficient (Wildman–Crippen LogP) is 4.07. The molecule has 27 heavy (non-hydrogen) atoms. The van der Waals surface area contributed by atoms with Crippen molar-refractivity contribution in [3.8, 4) is 5.75 Å². The highest BCUT2D eigenvalue weighted by Gasteiger charge is 2.17. The molecule has 1 heterocycles. The van der Waals surface area contributed by atoms with E-state index in [0.29, 0.717) is 5.58 Å². The van der Waals surface area contributed by atoms with Gasteiger partial charge in [-0.25, -0.2) is 4.79 Å². The summed E-state index contributed by atoms with van der Waals surface area (Å²) in [7, 11) is -4.04. The molecule has 1 aromatic heterocycles. The molecular weight excluding hydrogens is 436 g/mol. The Morgan fingerprint density at radius 2 is 1.59 bits per heavy atom. The molecule has 0 spiro atoms. The molecule has 0 saturated heterocycles. The molecule has 0 saturated carbocycles. The number of benzene rings is 2. The van der Waals surface area contributed by atoms with Crippen LogP contribution in [0, 0.1) is 0 Å². The van der Waals surface area contributed by atoms with E-state index < -0.39 is 10.1 Å². The van der Waals surface area contributed by atoms with Gasteiger partial charge in [-0.2, -0.15) is 8.42 Å². The molecule has 0 atom stereocenters. The minimum absolute atomic E-state index is 0.0966. The van der Waals surface area contributed by atoms with Crippen molar-refractivity contribution in [3.05, 3.63) is 68.5 Å². The van der Waals surface area contributed by atoms with Gasteiger partial charge in [-0.05, 0) is 67.6 Å². The number of phenols is 1. The van der Waals surface area contributed by atoms with Gasteiger partial charge in [-0.3, -0.25) is 4.55 Å². The molecule has 0 amide bonds. The predicted molar refractivity (Wildman–Crippen MR) is 105 cm³/mol. The molecule has 8 heteroatoms. The Hall–Kier alpha value is -2.16. The molecule has 1 aliphatic carbocycles. The molecule has 0 fully saturated rings. The summed E-state index contributed by atoms with van der Waals surface area (Å²) in [6, 6.07) is 10.7. The summed E-state index contributed by atoms with van der Waals surface area (Å²) in [6.45, 7) is 0. The van der Waals surface area contributed by atoms with Gasteiger partial charge >= 0.3 is 5.63 Å². The number of halogens is 1. The molecule has 0 radical (unpaired) electrons. The lowest BCUT2D eigenvalue weighted by Crippen LogP contribution is -2.15. The van der Waals surface area contributed by atoms with Crippen LogP contribution in [0.25, 0.3) is 11.0 Å². The first-order chi connectivity index (χ1) is 12.8. The maximum absolute atomic E-state index is 11.7. The molecule has 0 bridgehead atoms. The molecular formula is C19H17BrO6S. The number of aromatic hydroxyl groups is 1. The van der Waals surface area contributed by atoms with Gasteiger partial charge in [0.05, 0.1) is 4.90 Å². The molecule has 6 nitrogen and oxygen atoms in total. The number of phenolic OH excluding ortho intramolecular Hbond substituents is 1. The van der Waals surface area contributed by atoms with E-state index in [9.17, 15) is 18.3 Å². The third kappa shape index (κ3) is 4.58. The Morgan fingerprint density at radius 1 is 0.963 bits per heavy atom. The van der Waals surface area contributed by atoms with E-state index in [1.807, 2.05) is 6.07 Å². The molecule has 1 aliphatic rings. The van der Waals surface area contributed by atoms with Gasteiger partial charge in [-0.1, -0.05) is 15.9 Å². The largest absolute Gasteiger partial charge is 0.508 e. The molecule has 2 N–H and O–H groups in total. The SMILES string of the molecule is O=S(=O)(O)c1ccc(Br)cc1.O=c1oc2cc(O)ccc2c2c1CCCC2. The zero-order valence-electron chi connectivity index (χ0n) is 14.2. The van der Waals surface area contributed by atoms with Crippen LogP contribution in [0.15, 0.2) is 61.0 Å². The molecule has 0 unspecified atom stereocenters. The Balaban J connectivity index is 0.000000168. The van der Waals surface area contributed by atoms with E-state index in [1.165, 1.54) is 18.2 Å². The highest BCUT2D eigenvalue weighted by atomic mass is 79.9. The van der Waals surface area contributed by atoms with Crippen molar-refractivity contribution in [2.45, 2.75) is 30.6 Å². The van der Waals surface area contributed by atoms with Crippen LogP contribution >= 0.6 is 15.9 Å². The molecule has 2 aromatic carbocycles. The van der Waals surface area contributed by atoms with E-state index in [-0.39, 0.29) is 16.3 Å². The van der Waals surface area contributed by atoms with Crippen LogP contribution in [0.3, 0.4) is 0 Å². The lowest BCUT2D eigenvalue weighted by atomic mass is 9.91. The first kappa shape index (κ1) is 19.6. The zero-order chi connectivity index (χ0) is 19.6. The van der Waals surface area contributed by atoms with E-state index in [1.54, 1.807) is 18.2 Å². The zero-order valence-corrected chi connectivity index (χ0v) is 16.6. The summed E-state index contributed by atoms with van der Waals surface area (Å²) in [6.07, 6.45) is 3.92. The Bertz CT molecular complexity index is 1130. The lowest BCUT2D eigenvalue weighted by Gasteiger charge is -2.15. The van der Waals surface area contributed by atoms with Crippen molar-refractivity contribution in [1.82, 2.24) is 0 Å². The van der Waals surface area contributed by atoms with Gasteiger partial charge < -0.3 is 9.52 Å². The fourth-order valence-corrected chi connectivity index (χ4v) is 3.78. The third-order valence-corrected chi connectivity index (χ3v) is 5.72. The fraction of sp³-hybridized carbons (Fsp3) is 0.211. The van der Waals surface area contributed by atoms with E-state index in [4.69, 9.17) is 8.97 Å². The molecule has 4 rings (SSSR count). The van der Waals surface area contributed by atoms with Crippen LogP contribution in [0.1, 0.15) is 24.0 Å². The average Bonchev–Trinajstić information content (AvgIpc) is 2.62. The van der Waals surface area contributed by atoms with E-state index in [2.05, 4.69) is 15.9 Å². The second kappa shape index (κ2) is 7.84. The standard InChI is InChI=1S/C13H12O3.C6H5BrO3S/c14-8-5-6-10-9-3-1-2-4-11(9)13(15)16-12(10)7-8;7-5-1-3-6(4-2-5)11(8,9)10/h5-7,14H,1-4H2;1-4H,(H,8,9,10). The summed E-state index contributed by atoms with van der Waals surface area (Å²) in [5.74, 6) is 0.131. The van der Waals surface area contributed by atoms with Gasteiger partial charge in [0.25, 0.3) is 10.1 Å². The van der Waals surface area contributed by atoms with Crippen molar-refractivity contribution < 1.29 is 22.5 Å². The molecule has 142 valence electrons. The Labute approximate surface area is 164 Å². The van der Waals surface area contributed by atoms with Gasteiger partial charge in [0.15, 0.2) is 0 Å². The van der Waals surface area contributed by atoms with E-state index in [0.717, 1.165) is 46.7 Å². The Kier molecular flexibility index (Phi) is 5.69. The van der Waals surface area contributed by atoms with Crippen LogP contribution in [0.5, 0.6) is 5.75 Å². The minimum atomic E-state index is -4.04. The monoisotopic (exact) mass is 452 g/mol. The van der Waals surface area contributed by atoms with Gasteiger partial charge in [0.2, 0.25) is 0 Å². The molecule has 3 aromatic rings. The summed E-state index contributed by atoms with van der Waals surface area (Å²) in [5, 5.41) is 10.3. The van der Waals surface area contributed by atoms with Crippen molar-refractivity contribution in [2.24, 2.45) is 0 Å². The summed E-state index contributed by atoms with van der Waals surface area (Å²) in [4.78, 5) is 11.6. The van der Waals surface area contributed by atoms with Crippen LogP contribution < -0.4 is 5.63 Å². The van der Waals surface area contributed by atoms with Crippen molar-refractivity contribution in [2.75, 3.05) is 0 Å². The van der Waals surface area contributed by atoms with Crippen LogP contribution in [0.2, 0.25) is 0 Å². The highest BCUT2D eigenvalue weighted by Crippen LogP contribution is 2.28. The average molecular weight is 453 g/mol. The quantitative estimate of drug-likeness (QED) is 0.425. The van der Waals surface area contributed by atoms with Gasteiger partial charge in [-0.15, -0.1) is 0 Å². The molecule has 0 aliphatic heterocycles. The second-order valence-electron chi connectivity index (χ2n) is 6.16. The Morgan fingerprint density at radius 3 is 2.22 bits per heavy atom. The highest BCUT2D eigenvalue weighted by molar-refractivity contribution is 9.10. The normalized spacial score (nSPS) is 13.6. The number of hydrogen-bond acceptors (Lipinski definition) is 5. The number of aryl methyl sites for hydroxylation is 1. The van der Waals surface area contributed by atoms with E-state index >= 15 is 0 Å². The topological polar surface area (TPSA) is 105 Å². The summed E-state index contributed by atoms with van der Waals surface area (Å²) in [5.41, 5.74) is 2.18. The first-order valence-electron chi connectivity index (χ1n) is 8.26. The smallest absolute Gasteiger partial charge is 0.339 e. The van der Waals surface area contributed by atoms with Crippen LogP contribution in [-0.4, -0.2) is 18.1 Å². The van der Waals surface area contributed by atoms with Gasteiger partial charge in [0, 0.05) is 21.5 Å². The second-order valence-corrected chi connectivity index (χ2v) is 8.50. The maximum atomic E-state index is 11.7. The van der Waals surface area contributed by atoms with Gasteiger partial charge in [0.1, 0.15) is 11.3 Å². The maximum Gasteiger partial charge on any atom is 0.339 e. The number of fused-ring (bicyclic) bond motifs is 3. The summed E-state index contributed by atoms with van der Waals surface area (Å²) >= 11 is 3.14. The minimum Gasteiger partial charge on any atom is -0.508 e. The first-order valence-corrected chi connectivity index (χ1v) is 10.5. The third-order valence-electron chi connectivity index (χ3n) is 4.32. The van der Waals surface area contributed by atoms with Crippen molar-refractivity contribution in [3.63, 3.8) is 0 Å². The van der Waals surface area contributed by atoms with Crippen LogP contribution in [-0.2, 0) is 23.0 Å². The van der Waals surface area contributed by atoms with Crippen molar-refractivity contribution >= 4 is 37.0 Å². The number of rotatable bonds is 1. The number of hydrogen-bond donors (Lipinski definition) is 2. The lowest BCUT2D eigenvalue weighted by molar-refractivity contribution is 0.472. The van der Waals surface area contributed by atoms with Crippen LogP contribution in [0.4, 0.5) is 0 Å². The fourth-order valence-electron chi connectivity index (χ4n) is 3.04. The summed E-state index contributed by atoms with van der Waals surface area (Å²) < 4.78 is 35.5.